The van der Waals surface area contributed by atoms with E-state index in [2.05, 4.69) is 39.9 Å². The molecule has 2 fully saturated rings. The highest BCUT2D eigenvalue weighted by Crippen LogP contribution is 2.36. The molecule has 1 saturated carbocycles. The minimum Gasteiger partial charge on any atom is -0.384 e. The SMILES string of the molecule is C=C(S/C=C\C)C1=NCC(C(/C=C\C)=NC)=C2CC(NC(=C)C3CCC3)CN12.CC(F)F.Fc1cccc(Cl)c1. The zero-order chi connectivity index (χ0) is 29.7. The van der Waals surface area contributed by atoms with Crippen LogP contribution in [-0.2, 0) is 0 Å². The summed E-state index contributed by atoms with van der Waals surface area (Å²) < 4.78 is 32.7. The van der Waals surface area contributed by atoms with Gasteiger partial charge in [0, 0.05) is 53.0 Å². The van der Waals surface area contributed by atoms with Crippen LogP contribution in [0.3, 0.4) is 0 Å². The third-order valence-electron chi connectivity index (χ3n) is 6.40. The highest BCUT2D eigenvalue weighted by atomic mass is 35.5. The number of thioether (sulfide) groups is 1. The number of nitrogens with zero attached hydrogens (tertiary/aromatic N) is 3. The van der Waals surface area contributed by atoms with Crippen LogP contribution in [0, 0.1) is 11.7 Å². The molecule has 9 heteroatoms. The highest BCUT2D eigenvalue weighted by Gasteiger charge is 2.36. The number of halogens is 4. The van der Waals surface area contributed by atoms with Gasteiger partial charge in [-0.3, -0.25) is 9.98 Å². The first-order valence-corrected chi connectivity index (χ1v) is 14.6. The molecule has 1 aromatic rings. The Morgan fingerprint density at radius 3 is 2.45 bits per heavy atom. The van der Waals surface area contributed by atoms with Gasteiger partial charge in [0.05, 0.1) is 12.3 Å². The van der Waals surface area contributed by atoms with Crippen LogP contribution >= 0.6 is 23.4 Å². The minimum absolute atomic E-state index is 0.294. The maximum atomic E-state index is 12.1. The summed E-state index contributed by atoms with van der Waals surface area (Å²) in [4.78, 5) is 12.8. The summed E-state index contributed by atoms with van der Waals surface area (Å²) in [6.07, 6.45) is 8.84. The molecule has 1 saturated heterocycles. The molecule has 4 nitrogen and oxygen atoms in total. The zero-order valence-electron chi connectivity index (χ0n) is 23.8. The monoisotopic (exact) mass is 592 g/mol. The van der Waals surface area contributed by atoms with E-state index in [-0.39, 0.29) is 5.82 Å². The second-order valence-corrected chi connectivity index (χ2v) is 10.9. The molecule has 218 valence electrons. The molecule has 0 bridgehead atoms. The van der Waals surface area contributed by atoms with E-state index in [4.69, 9.17) is 16.6 Å². The molecule has 2 heterocycles. The second-order valence-electron chi connectivity index (χ2n) is 9.45. The van der Waals surface area contributed by atoms with Crippen molar-refractivity contribution in [1.82, 2.24) is 10.2 Å². The topological polar surface area (TPSA) is 40.0 Å². The van der Waals surface area contributed by atoms with Gasteiger partial charge in [-0.05, 0) is 69.2 Å². The number of benzene rings is 1. The Labute approximate surface area is 246 Å². The Morgan fingerprint density at radius 1 is 1.25 bits per heavy atom. The van der Waals surface area contributed by atoms with E-state index in [1.807, 2.05) is 33.0 Å². The van der Waals surface area contributed by atoms with E-state index in [0.717, 1.165) is 36.3 Å². The van der Waals surface area contributed by atoms with Crippen molar-refractivity contribution in [2.24, 2.45) is 15.9 Å². The fourth-order valence-corrected chi connectivity index (χ4v) is 5.16. The summed E-state index contributed by atoms with van der Waals surface area (Å²) in [5.41, 5.74) is 4.78. The van der Waals surface area contributed by atoms with Gasteiger partial charge in [-0.15, -0.1) is 0 Å². The smallest absolute Gasteiger partial charge is 0.235 e. The van der Waals surface area contributed by atoms with E-state index in [0.29, 0.717) is 23.5 Å². The third kappa shape index (κ3) is 10.4. The van der Waals surface area contributed by atoms with E-state index in [9.17, 15) is 13.2 Å². The Bertz CT molecular complexity index is 1150. The molecule has 3 aliphatic rings. The van der Waals surface area contributed by atoms with Crippen molar-refractivity contribution in [3.63, 3.8) is 0 Å². The molecule has 1 atom stereocenters. The fourth-order valence-electron chi connectivity index (χ4n) is 4.40. The summed E-state index contributed by atoms with van der Waals surface area (Å²) >= 11 is 7.04. The summed E-state index contributed by atoms with van der Waals surface area (Å²) in [5, 5.41) is 6.21. The molecular formula is C31H40ClF3N4S. The van der Waals surface area contributed by atoms with Crippen LogP contribution in [-0.4, -0.2) is 49.1 Å². The first-order valence-electron chi connectivity index (χ1n) is 13.4. The normalized spacial score (nSPS) is 19.0. The van der Waals surface area contributed by atoms with Crippen LogP contribution in [0.15, 0.2) is 92.9 Å². The van der Waals surface area contributed by atoms with Gasteiger partial charge in [0.2, 0.25) is 6.43 Å². The number of rotatable bonds is 8. The number of aliphatic imine (C=N–C) groups is 2. The average Bonchev–Trinajstić information content (AvgIpc) is 3.27. The van der Waals surface area contributed by atoms with Gasteiger partial charge >= 0.3 is 0 Å². The Morgan fingerprint density at radius 2 is 1.95 bits per heavy atom. The lowest BCUT2D eigenvalue weighted by atomic mass is 9.83. The highest BCUT2D eigenvalue weighted by molar-refractivity contribution is 8.06. The molecule has 1 aromatic carbocycles. The fraction of sp³-hybridized carbons (Fsp3) is 0.419. The molecular weight excluding hydrogens is 553 g/mol. The standard InChI is InChI=1S/C23H32N4S.C6H4ClF.C2H4F2/c1-6-9-21(24-5)20-14-25-23(17(4)28-12-7-2)27-15-19(13-22(20)27)26-16(3)18-10-8-11-18;7-5-2-1-3-6(8)4-5;1-2(3)4/h6-7,9,12,18-19,26H,3-4,8,10-11,13-15H2,1-2,5H3;1-4H;2H,1H3/b9-6-,12-7-,24-21?;;. The lowest BCUT2D eigenvalue weighted by Gasteiger charge is -2.30. The zero-order valence-corrected chi connectivity index (χ0v) is 25.3. The largest absolute Gasteiger partial charge is 0.384 e. The van der Waals surface area contributed by atoms with Gasteiger partial charge in [0.1, 0.15) is 11.7 Å². The van der Waals surface area contributed by atoms with Crippen LogP contribution in [0.2, 0.25) is 5.02 Å². The number of nitrogens with one attached hydrogen (secondary N) is 1. The van der Waals surface area contributed by atoms with Crippen LogP contribution in [0.1, 0.15) is 46.5 Å². The van der Waals surface area contributed by atoms with E-state index in [1.165, 1.54) is 48.4 Å². The third-order valence-corrected chi connectivity index (χ3v) is 7.51. The Balaban J connectivity index is 0.000000387. The number of alkyl halides is 2. The van der Waals surface area contributed by atoms with E-state index >= 15 is 0 Å². The van der Waals surface area contributed by atoms with Gasteiger partial charge < -0.3 is 10.2 Å². The van der Waals surface area contributed by atoms with Crippen molar-refractivity contribution in [1.29, 1.82) is 0 Å². The van der Waals surface area contributed by atoms with Gasteiger partial charge in [0.15, 0.2) is 0 Å². The quantitative estimate of drug-likeness (QED) is 0.307. The molecule has 1 aliphatic carbocycles. The van der Waals surface area contributed by atoms with Gasteiger partial charge in [-0.25, -0.2) is 13.2 Å². The van der Waals surface area contributed by atoms with Crippen LogP contribution < -0.4 is 5.32 Å². The summed E-state index contributed by atoms with van der Waals surface area (Å²) in [7, 11) is 1.86. The first kappa shape index (κ1) is 33.5. The van der Waals surface area contributed by atoms with Crippen molar-refractivity contribution in [3.8, 4) is 0 Å². The maximum Gasteiger partial charge on any atom is 0.235 e. The molecule has 0 spiro atoms. The van der Waals surface area contributed by atoms with Crippen molar-refractivity contribution >= 4 is 34.9 Å². The van der Waals surface area contributed by atoms with E-state index in [1.54, 1.807) is 23.9 Å². The van der Waals surface area contributed by atoms with Crippen molar-refractivity contribution < 1.29 is 13.2 Å². The molecule has 0 aromatic heterocycles. The molecule has 0 amide bonds. The van der Waals surface area contributed by atoms with Crippen LogP contribution in [0.25, 0.3) is 0 Å². The van der Waals surface area contributed by atoms with Gasteiger partial charge in [-0.1, -0.05) is 61.2 Å². The average molecular weight is 593 g/mol. The Hall–Kier alpha value is -2.71. The maximum absolute atomic E-state index is 12.1. The second kappa shape index (κ2) is 17.2. The van der Waals surface area contributed by atoms with Crippen LogP contribution in [0.5, 0.6) is 0 Å². The minimum atomic E-state index is -2.17. The molecule has 40 heavy (non-hydrogen) atoms. The summed E-state index contributed by atoms with van der Waals surface area (Å²) in [6, 6.07) is 6.17. The summed E-state index contributed by atoms with van der Waals surface area (Å²) in [6.45, 7) is 15.0. The van der Waals surface area contributed by atoms with Gasteiger partial charge in [0.25, 0.3) is 0 Å². The Kier molecular flexibility index (Phi) is 14.4. The predicted molar refractivity (Wildman–Crippen MR) is 167 cm³/mol. The molecule has 1 N–H and O–H groups in total. The number of fused-ring (bicyclic) bond motifs is 1. The van der Waals surface area contributed by atoms with E-state index < -0.39 is 6.43 Å². The first-order chi connectivity index (χ1) is 19.1. The van der Waals surface area contributed by atoms with Crippen molar-refractivity contribution in [2.45, 2.75) is 58.9 Å². The number of amidine groups is 1. The number of hydrogen-bond acceptors (Lipinski definition) is 5. The number of hydrogen-bond donors (Lipinski definition) is 1. The van der Waals surface area contributed by atoms with Crippen molar-refractivity contribution in [3.05, 3.63) is 93.8 Å². The molecule has 0 radical (unpaired) electrons. The number of allylic oxidation sites excluding steroid dienone is 4. The van der Waals surface area contributed by atoms with Crippen molar-refractivity contribution in [2.75, 3.05) is 20.1 Å². The molecule has 2 aliphatic heterocycles. The van der Waals surface area contributed by atoms with Crippen LogP contribution in [0.4, 0.5) is 13.2 Å². The lowest BCUT2D eigenvalue weighted by molar-refractivity contribution is 0.171. The summed E-state index contributed by atoms with van der Waals surface area (Å²) in [5.74, 6) is 1.35. The van der Waals surface area contributed by atoms with Gasteiger partial charge in [-0.2, -0.15) is 0 Å². The molecule has 4 rings (SSSR count). The molecule has 1 unspecified atom stereocenters. The predicted octanol–water partition coefficient (Wildman–Crippen LogP) is 8.81. The lowest BCUT2D eigenvalue weighted by Crippen LogP contribution is -2.38.